The molecule has 0 saturated carbocycles. The van der Waals surface area contributed by atoms with Crippen molar-refractivity contribution in [3.63, 3.8) is 0 Å². The van der Waals surface area contributed by atoms with Crippen LogP contribution in [0.15, 0.2) is 29.2 Å². The molecule has 1 rings (SSSR count). The molecule has 4 nitrogen and oxygen atoms in total. The molecule has 0 aromatic heterocycles. The fourth-order valence-corrected chi connectivity index (χ4v) is 1.61. The second-order valence-electron chi connectivity index (χ2n) is 3.10. The van der Waals surface area contributed by atoms with Gasteiger partial charge in [0.1, 0.15) is 0 Å². The van der Waals surface area contributed by atoms with Crippen LogP contribution in [0.1, 0.15) is 12.5 Å². The molecular weight excluding hydrogens is 232 g/mol. The Morgan fingerprint density at radius 1 is 1.40 bits per heavy atom. The van der Waals surface area contributed by atoms with E-state index in [1.165, 1.54) is 12.1 Å². The van der Waals surface area contributed by atoms with Crippen LogP contribution in [-0.4, -0.2) is 13.4 Å². The molecule has 0 atom stereocenters. The molecule has 15 heavy (non-hydrogen) atoms. The normalized spacial score (nSPS) is 11.1. The molecule has 0 fully saturated rings. The van der Waals surface area contributed by atoms with E-state index < -0.39 is 10.0 Å². The first kappa shape index (κ1) is 12.1. The summed E-state index contributed by atoms with van der Waals surface area (Å²) in [5.41, 5.74) is 0.951. The third kappa shape index (κ3) is 3.94. The lowest BCUT2D eigenvalue weighted by Gasteiger charge is -2.04. The number of hydrogen-bond donors (Lipinski definition) is 2. The topological polar surface area (TPSA) is 72.2 Å². The van der Waals surface area contributed by atoms with Crippen molar-refractivity contribution in [2.45, 2.75) is 18.4 Å². The summed E-state index contributed by atoms with van der Waals surface area (Å²) in [6.07, 6.45) is 0. The number of thiocarbonyl (C=S) groups is 1. The summed E-state index contributed by atoms with van der Waals surface area (Å²) in [5, 5.41) is 7.94. The highest BCUT2D eigenvalue weighted by Gasteiger charge is 2.06. The molecule has 0 saturated heterocycles. The lowest BCUT2D eigenvalue weighted by atomic mass is 10.2. The quantitative estimate of drug-likeness (QED) is 0.770. The number of rotatable bonds is 3. The molecule has 3 N–H and O–H groups in total. The summed E-state index contributed by atoms with van der Waals surface area (Å²) in [5.74, 6) is 0. The van der Waals surface area contributed by atoms with E-state index in [2.05, 4.69) is 5.32 Å². The summed E-state index contributed by atoms with van der Waals surface area (Å²) < 4.78 is 21.9. The van der Waals surface area contributed by atoms with Crippen molar-refractivity contribution in [1.82, 2.24) is 5.32 Å². The standard InChI is InChI=1S/C9H12N2O2S2/c1-7(14)11-6-8-2-4-9(5-3-8)15(10,12)13/h2-5H,6H2,1H3,(H,11,14)(H2,10,12,13). The van der Waals surface area contributed by atoms with Crippen LogP contribution < -0.4 is 10.5 Å². The van der Waals surface area contributed by atoms with Crippen molar-refractivity contribution in [2.24, 2.45) is 5.14 Å². The molecule has 0 amide bonds. The van der Waals surface area contributed by atoms with Crippen LogP contribution in [0.3, 0.4) is 0 Å². The average Bonchev–Trinajstić information content (AvgIpc) is 2.14. The van der Waals surface area contributed by atoms with Gasteiger partial charge in [0.25, 0.3) is 0 Å². The molecule has 0 bridgehead atoms. The Bertz CT molecular complexity index is 452. The minimum Gasteiger partial charge on any atom is -0.376 e. The van der Waals surface area contributed by atoms with E-state index in [9.17, 15) is 8.42 Å². The number of nitrogens with one attached hydrogen (secondary N) is 1. The fraction of sp³-hybridized carbons (Fsp3) is 0.222. The minimum atomic E-state index is -3.60. The molecule has 0 spiro atoms. The number of benzene rings is 1. The zero-order valence-electron chi connectivity index (χ0n) is 8.23. The van der Waals surface area contributed by atoms with Crippen molar-refractivity contribution in [2.75, 3.05) is 0 Å². The van der Waals surface area contributed by atoms with E-state index in [0.29, 0.717) is 11.5 Å². The van der Waals surface area contributed by atoms with Gasteiger partial charge in [0.05, 0.1) is 9.88 Å². The smallest absolute Gasteiger partial charge is 0.238 e. The van der Waals surface area contributed by atoms with Crippen LogP contribution in [0.4, 0.5) is 0 Å². The van der Waals surface area contributed by atoms with Crippen LogP contribution in [0.25, 0.3) is 0 Å². The predicted octanol–water partition coefficient (Wildman–Crippen LogP) is 0.771. The van der Waals surface area contributed by atoms with E-state index in [0.717, 1.165) is 5.56 Å². The second-order valence-corrected chi connectivity index (χ2v) is 5.27. The predicted molar refractivity (Wildman–Crippen MR) is 62.9 cm³/mol. The highest BCUT2D eigenvalue weighted by atomic mass is 32.2. The van der Waals surface area contributed by atoms with E-state index in [1.807, 2.05) is 0 Å². The van der Waals surface area contributed by atoms with Gasteiger partial charge in [0, 0.05) is 6.54 Å². The summed E-state index contributed by atoms with van der Waals surface area (Å²) in [6.45, 7) is 2.37. The highest BCUT2D eigenvalue weighted by Crippen LogP contribution is 2.08. The Hall–Kier alpha value is -0.980. The number of nitrogens with two attached hydrogens (primary N) is 1. The average molecular weight is 244 g/mol. The molecule has 0 radical (unpaired) electrons. The minimum absolute atomic E-state index is 0.116. The molecule has 6 heteroatoms. The van der Waals surface area contributed by atoms with Gasteiger partial charge < -0.3 is 5.32 Å². The zero-order chi connectivity index (χ0) is 11.5. The van der Waals surface area contributed by atoms with E-state index in [4.69, 9.17) is 17.4 Å². The SMILES string of the molecule is CC(=S)NCc1ccc(S(N)(=O)=O)cc1. The van der Waals surface area contributed by atoms with Gasteiger partial charge in [-0.25, -0.2) is 13.6 Å². The third-order valence-corrected chi connectivity index (χ3v) is 2.87. The van der Waals surface area contributed by atoms with Gasteiger partial charge in [0.15, 0.2) is 0 Å². The molecule has 0 aliphatic carbocycles. The van der Waals surface area contributed by atoms with Gasteiger partial charge in [0.2, 0.25) is 10.0 Å². The van der Waals surface area contributed by atoms with E-state index >= 15 is 0 Å². The van der Waals surface area contributed by atoms with Crippen LogP contribution >= 0.6 is 12.2 Å². The Kier molecular flexibility index (Phi) is 3.78. The van der Waals surface area contributed by atoms with Crippen LogP contribution in [-0.2, 0) is 16.6 Å². The van der Waals surface area contributed by atoms with Crippen LogP contribution in [0, 0.1) is 0 Å². The van der Waals surface area contributed by atoms with Gasteiger partial charge in [-0.1, -0.05) is 24.4 Å². The first-order valence-corrected chi connectivity index (χ1v) is 6.21. The summed E-state index contributed by atoms with van der Waals surface area (Å²) in [6, 6.07) is 6.35. The maximum absolute atomic E-state index is 11.0. The van der Waals surface area contributed by atoms with Crippen LogP contribution in [0.2, 0.25) is 0 Å². The zero-order valence-corrected chi connectivity index (χ0v) is 9.86. The molecule has 0 aliphatic rings. The first-order valence-electron chi connectivity index (χ1n) is 4.26. The molecule has 0 unspecified atom stereocenters. The monoisotopic (exact) mass is 244 g/mol. The molecular formula is C9H12N2O2S2. The number of hydrogen-bond acceptors (Lipinski definition) is 3. The molecule has 0 aliphatic heterocycles. The van der Waals surface area contributed by atoms with Gasteiger partial charge in [-0.05, 0) is 24.6 Å². The first-order chi connectivity index (χ1) is 6.89. The highest BCUT2D eigenvalue weighted by molar-refractivity contribution is 7.89. The number of sulfonamides is 1. The fourth-order valence-electron chi connectivity index (χ4n) is 1.02. The van der Waals surface area contributed by atoms with Gasteiger partial charge in [-0.15, -0.1) is 0 Å². The van der Waals surface area contributed by atoms with E-state index in [1.54, 1.807) is 19.1 Å². The summed E-state index contributed by atoms with van der Waals surface area (Å²) in [7, 11) is -3.60. The Morgan fingerprint density at radius 2 is 1.93 bits per heavy atom. The largest absolute Gasteiger partial charge is 0.376 e. The molecule has 1 aromatic carbocycles. The van der Waals surface area contributed by atoms with Gasteiger partial charge in [-0.2, -0.15) is 0 Å². The van der Waals surface area contributed by atoms with Gasteiger partial charge in [-0.3, -0.25) is 0 Å². The third-order valence-electron chi connectivity index (χ3n) is 1.79. The van der Waals surface area contributed by atoms with Crippen molar-refractivity contribution in [3.05, 3.63) is 29.8 Å². The Labute approximate surface area is 94.5 Å². The summed E-state index contributed by atoms with van der Waals surface area (Å²) in [4.78, 5) is 0.816. The van der Waals surface area contributed by atoms with Crippen molar-refractivity contribution in [1.29, 1.82) is 0 Å². The second kappa shape index (κ2) is 4.69. The Balaban J connectivity index is 2.77. The lowest BCUT2D eigenvalue weighted by molar-refractivity contribution is 0.597. The van der Waals surface area contributed by atoms with Crippen LogP contribution in [0.5, 0.6) is 0 Å². The summed E-state index contributed by atoms with van der Waals surface area (Å²) >= 11 is 4.85. The van der Waals surface area contributed by atoms with Crippen molar-refractivity contribution in [3.8, 4) is 0 Å². The molecule has 1 aromatic rings. The molecule has 82 valence electrons. The Morgan fingerprint density at radius 3 is 2.33 bits per heavy atom. The maximum Gasteiger partial charge on any atom is 0.238 e. The molecule has 0 heterocycles. The van der Waals surface area contributed by atoms with E-state index in [-0.39, 0.29) is 4.90 Å². The maximum atomic E-state index is 11.0. The van der Waals surface area contributed by atoms with Crippen molar-refractivity contribution < 1.29 is 8.42 Å². The van der Waals surface area contributed by atoms with Gasteiger partial charge >= 0.3 is 0 Å². The number of primary sulfonamides is 1. The lowest BCUT2D eigenvalue weighted by Crippen LogP contribution is -2.17. The van der Waals surface area contributed by atoms with Crippen molar-refractivity contribution >= 4 is 27.2 Å².